The molecule has 0 radical (unpaired) electrons. The van der Waals surface area contributed by atoms with E-state index < -0.39 is 0 Å². The molecule has 0 saturated carbocycles. The second kappa shape index (κ2) is 7.52. The van der Waals surface area contributed by atoms with Crippen LogP contribution in [-0.2, 0) is 9.59 Å². The lowest BCUT2D eigenvalue weighted by molar-refractivity contribution is -0.152. The predicted octanol–water partition coefficient (Wildman–Crippen LogP) is 2.28. The SMILES string of the molecule is CCCC1NC(=O)C(C(C)C)N(CC2CCSCC2)C1=O. The van der Waals surface area contributed by atoms with E-state index in [1.54, 1.807) is 0 Å². The van der Waals surface area contributed by atoms with E-state index >= 15 is 0 Å². The lowest BCUT2D eigenvalue weighted by Crippen LogP contribution is -2.65. The van der Waals surface area contributed by atoms with E-state index in [0.717, 1.165) is 19.4 Å². The van der Waals surface area contributed by atoms with E-state index in [-0.39, 0.29) is 29.8 Å². The largest absolute Gasteiger partial charge is 0.342 e. The van der Waals surface area contributed by atoms with Crippen LogP contribution in [0.2, 0.25) is 0 Å². The van der Waals surface area contributed by atoms with Crippen LogP contribution in [0.3, 0.4) is 0 Å². The number of nitrogens with one attached hydrogen (secondary N) is 1. The van der Waals surface area contributed by atoms with Crippen LogP contribution >= 0.6 is 11.8 Å². The van der Waals surface area contributed by atoms with Gasteiger partial charge in [0.1, 0.15) is 12.1 Å². The zero-order valence-corrected chi connectivity index (χ0v) is 14.2. The van der Waals surface area contributed by atoms with Crippen LogP contribution in [-0.4, -0.2) is 46.8 Å². The van der Waals surface area contributed by atoms with Crippen molar-refractivity contribution in [2.45, 2.75) is 58.5 Å². The number of piperazine rings is 1. The Morgan fingerprint density at radius 3 is 2.52 bits per heavy atom. The molecule has 0 aromatic heterocycles. The summed E-state index contributed by atoms with van der Waals surface area (Å²) in [5, 5.41) is 2.93. The van der Waals surface area contributed by atoms with Crippen LogP contribution in [0.15, 0.2) is 0 Å². The quantitative estimate of drug-likeness (QED) is 0.847. The highest BCUT2D eigenvalue weighted by atomic mass is 32.2. The maximum Gasteiger partial charge on any atom is 0.245 e. The van der Waals surface area contributed by atoms with Crippen molar-refractivity contribution >= 4 is 23.6 Å². The molecule has 2 saturated heterocycles. The highest BCUT2D eigenvalue weighted by Crippen LogP contribution is 2.27. The Kier molecular flexibility index (Phi) is 5.97. The Morgan fingerprint density at radius 2 is 1.95 bits per heavy atom. The van der Waals surface area contributed by atoms with Gasteiger partial charge in [-0.1, -0.05) is 27.2 Å². The summed E-state index contributed by atoms with van der Waals surface area (Å²) in [5.74, 6) is 3.26. The summed E-state index contributed by atoms with van der Waals surface area (Å²) in [4.78, 5) is 27.1. The first-order valence-corrected chi connectivity index (χ1v) is 9.38. The number of nitrogens with zero attached hydrogens (tertiary/aromatic N) is 1. The molecule has 1 N–H and O–H groups in total. The van der Waals surface area contributed by atoms with Crippen molar-refractivity contribution in [3.63, 3.8) is 0 Å². The summed E-state index contributed by atoms with van der Waals surface area (Å²) >= 11 is 2.00. The van der Waals surface area contributed by atoms with Crippen molar-refractivity contribution in [2.24, 2.45) is 11.8 Å². The van der Waals surface area contributed by atoms with Crippen LogP contribution in [0.25, 0.3) is 0 Å². The van der Waals surface area contributed by atoms with Gasteiger partial charge in [0.25, 0.3) is 0 Å². The minimum Gasteiger partial charge on any atom is -0.342 e. The van der Waals surface area contributed by atoms with Crippen molar-refractivity contribution in [1.29, 1.82) is 0 Å². The molecular weight excluding hydrogens is 284 g/mol. The van der Waals surface area contributed by atoms with Gasteiger partial charge in [0.05, 0.1) is 0 Å². The average molecular weight is 312 g/mol. The van der Waals surface area contributed by atoms with Crippen LogP contribution in [0.1, 0.15) is 46.5 Å². The van der Waals surface area contributed by atoms with Gasteiger partial charge in [-0.15, -0.1) is 0 Å². The zero-order valence-electron chi connectivity index (χ0n) is 13.4. The second-order valence-electron chi connectivity index (χ2n) is 6.59. The normalized spacial score (nSPS) is 28.1. The van der Waals surface area contributed by atoms with Gasteiger partial charge < -0.3 is 10.2 Å². The number of thioether (sulfide) groups is 1. The molecule has 2 rings (SSSR count). The van der Waals surface area contributed by atoms with Gasteiger partial charge in [0.2, 0.25) is 11.8 Å². The summed E-state index contributed by atoms with van der Waals surface area (Å²) in [6, 6.07) is -0.601. The molecule has 2 aliphatic heterocycles. The number of rotatable bonds is 5. The number of hydrogen-bond donors (Lipinski definition) is 1. The zero-order chi connectivity index (χ0) is 15.4. The van der Waals surface area contributed by atoms with Crippen molar-refractivity contribution in [1.82, 2.24) is 10.2 Å². The standard InChI is InChI=1S/C16H28N2O2S/c1-4-5-13-16(20)18(10-12-6-8-21-9-7-12)14(11(2)3)15(19)17-13/h11-14H,4-10H2,1-3H3,(H,17,19). The fraction of sp³-hybridized carbons (Fsp3) is 0.875. The fourth-order valence-electron chi connectivity index (χ4n) is 3.36. The summed E-state index contributed by atoms with van der Waals surface area (Å²) in [6.45, 7) is 6.87. The van der Waals surface area contributed by atoms with Crippen LogP contribution in [0.5, 0.6) is 0 Å². The first kappa shape index (κ1) is 16.7. The highest BCUT2D eigenvalue weighted by molar-refractivity contribution is 7.99. The third-order valence-corrected chi connectivity index (χ3v) is 5.56. The summed E-state index contributed by atoms with van der Waals surface area (Å²) in [5.41, 5.74) is 0. The molecule has 0 bridgehead atoms. The maximum atomic E-state index is 12.8. The van der Waals surface area contributed by atoms with Crippen molar-refractivity contribution < 1.29 is 9.59 Å². The Hall–Kier alpha value is -0.710. The molecular formula is C16H28N2O2S. The van der Waals surface area contributed by atoms with E-state index in [1.807, 2.05) is 30.5 Å². The molecule has 2 amide bonds. The highest BCUT2D eigenvalue weighted by Gasteiger charge is 2.42. The smallest absolute Gasteiger partial charge is 0.245 e. The molecule has 0 aromatic rings. The van der Waals surface area contributed by atoms with Gasteiger partial charge in [-0.05, 0) is 42.6 Å². The van der Waals surface area contributed by atoms with Gasteiger partial charge in [-0.25, -0.2) is 0 Å². The van der Waals surface area contributed by atoms with E-state index in [0.29, 0.717) is 5.92 Å². The molecule has 2 atom stereocenters. The predicted molar refractivity (Wildman–Crippen MR) is 87.2 cm³/mol. The Bertz CT molecular complexity index is 380. The maximum absolute atomic E-state index is 12.8. The first-order chi connectivity index (χ1) is 10.0. The molecule has 2 unspecified atom stereocenters. The molecule has 0 spiro atoms. The minimum atomic E-state index is -0.310. The summed E-state index contributed by atoms with van der Waals surface area (Å²) in [6.07, 6.45) is 3.99. The van der Waals surface area contributed by atoms with Gasteiger partial charge in [-0.2, -0.15) is 11.8 Å². The summed E-state index contributed by atoms with van der Waals surface area (Å²) in [7, 11) is 0. The molecule has 2 aliphatic rings. The molecule has 5 heteroatoms. The van der Waals surface area contributed by atoms with Crippen LogP contribution < -0.4 is 5.32 Å². The van der Waals surface area contributed by atoms with Crippen LogP contribution in [0.4, 0.5) is 0 Å². The van der Waals surface area contributed by atoms with Crippen LogP contribution in [0, 0.1) is 11.8 Å². The number of carbonyl (C=O) groups is 2. The molecule has 0 aromatic carbocycles. The molecule has 4 nitrogen and oxygen atoms in total. The second-order valence-corrected chi connectivity index (χ2v) is 7.81. The van der Waals surface area contributed by atoms with E-state index in [1.165, 1.54) is 24.3 Å². The molecule has 0 aliphatic carbocycles. The van der Waals surface area contributed by atoms with Crippen molar-refractivity contribution in [3.05, 3.63) is 0 Å². The number of amides is 2. The topological polar surface area (TPSA) is 49.4 Å². The minimum absolute atomic E-state index is 0.0354. The third kappa shape index (κ3) is 3.93. The van der Waals surface area contributed by atoms with Gasteiger partial charge >= 0.3 is 0 Å². The summed E-state index contributed by atoms with van der Waals surface area (Å²) < 4.78 is 0. The number of hydrogen-bond acceptors (Lipinski definition) is 3. The lowest BCUT2D eigenvalue weighted by atomic mass is 9.93. The molecule has 120 valence electrons. The average Bonchev–Trinajstić information content (AvgIpc) is 2.45. The van der Waals surface area contributed by atoms with Crippen molar-refractivity contribution in [2.75, 3.05) is 18.1 Å². The molecule has 2 fully saturated rings. The Balaban J connectivity index is 2.12. The number of carbonyl (C=O) groups excluding carboxylic acids is 2. The van der Waals surface area contributed by atoms with E-state index in [4.69, 9.17) is 0 Å². The first-order valence-electron chi connectivity index (χ1n) is 8.23. The van der Waals surface area contributed by atoms with Gasteiger partial charge in [-0.3, -0.25) is 9.59 Å². The Morgan fingerprint density at radius 1 is 1.29 bits per heavy atom. The Labute approximate surface area is 132 Å². The van der Waals surface area contributed by atoms with Crippen molar-refractivity contribution in [3.8, 4) is 0 Å². The van der Waals surface area contributed by atoms with E-state index in [2.05, 4.69) is 12.2 Å². The van der Waals surface area contributed by atoms with Gasteiger partial charge in [0, 0.05) is 6.54 Å². The monoisotopic (exact) mass is 312 g/mol. The molecule has 21 heavy (non-hydrogen) atoms. The van der Waals surface area contributed by atoms with E-state index in [9.17, 15) is 9.59 Å². The van der Waals surface area contributed by atoms with Gasteiger partial charge in [0.15, 0.2) is 0 Å². The third-order valence-electron chi connectivity index (χ3n) is 4.51. The molecule has 2 heterocycles. The fourth-order valence-corrected chi connectivity index (χ4v) is 4.56. The lowest BCUT2D eigenvalue weighted by Gasteiger charge is -2.42.